The van der Waals surface area contributed by atoms with Crippen molar-refractivity contribution in [2.45, 2.75) is 36.8 Å². The van der Waals surface area contributed by atoms with Crippen molar-refractivity contribution >= 4 is 16.0 Å². The minimum Gasteiger partial charge on any atom is -0.446 e. The second-order valence-corrected chi connectivity index (χ2v) is 6.83. The largest absolute Gasteiger partial charge is 0.446 e. The molecule has 0 spiro atoms. The summed E-state index contributed by atoms with van der Waals surface area (Å²) in [5.74, 6) is -1.28. The minimum absolute atomic E-state index is 0.0815. The lowest BCUT2D eigenvalue weighted by molar-refractivity contribution is -0.149. The van der Waals surface area contributed by atoms with Gasteiger partial charge in [0.25, 0.3) is 0 Å². The Hall–Kier alpha value is -1.98. The Morgan fingerprint density at radius 1 is 1.45 bits per heavy atom. The number of carbonyl (C=O) groups excluding carboxylic acids is 1. The normalized spacial score (nSPS) is 20.3. The number of carbonyl (C=O) groups is 1. The molecule has 118 valence electrons. The average molecular weight is 326 g/mol. The lowest BCUT2D eigenvalue weighted by Gasteiger charge is -2.23. The quantitative estimate of drug-likeness (QED) is 0.781. The molecule has 22 heavy (non-hydrogen) atoms. The Bertz CT molecular complexity index is 697. The van der Waals surface area contributed by atoms with Crippen LogP contribution >= 0.6 is 0 Å². The first-order chi connectivity index (χ1) is 10.4. The number of halogens is 1. The Morgan fingerprint density at radius 3 is 2.68 bits per heavy atom. The zero-order valence-electron chi connectivity index (χ0n) is 11.9. The molecule has 2 rings (SSSR count). The van der Waals surface area contributed by atoms with E-state index < -0.39 is 34.0 Å². The third-order valence-corrected chi connectivity index (χ3v) is 5.29. The van der Waals surface area contributed by atoms with Gasteiger partial charge in [0.15, 0.2) is 6.10 Å². The van der Waals surface area contributed by atoms with Crippen LogP contribution in [0.15, 0.2) is 29.2 Å². The van der Waals surface area contributed by atoms with E-state index in [1.165, 1.54) is 6.92 Å². The van der Waals surface area contributed by atoms with Gasteiger partial charge in [-0.25, -0.2) is 12.8 Å². The van der Waals surface area contributed by atoms with E-state index in [2.05, 4.69) is 0 Å². The van der Waals surface area contributed by atoms with Crippen molar-refractivity contribution in [2.24, 2.45) is 0 Å². The highest BCUT2D eigenvalue weighted by atomic mass is 32.2. The van der Waals surface area contributed by atoms with Gasteiger partial charge in [-0.1, -0.05) is 0 Å². The zero-order chi connectivity index (χ0) is 16.3. The number of ether oxygens (including phenoxy) is 1. The molecule has 0 aliphatic carbocycles. The van der Waals surface area contributed by atoms with Crippen LogP contribution in [0.25, 0.3) is 0 Å². The van der Waals surface area contributed by atoms with Crippen molar-refractivity contribution in [3.8, 4) is 6.07 Å². The lowest BCUT2D eigenvalue weighted by Crippen LogP contribution is -2.42. The molecule has 1 aromatic rings. The Labute approximate surface area is 128 Å². The summed E-state index contributed by atoms with van der Waals surface area (Å²) in [7, 11) is -3.91. The summed E-state index contributed by atoms with van der Waals surface area (Å²) in [5.41, 5.74) is 0. The number of hydrogen-bond donors (Lipinski definition) is 0. The van der Waals surface area contributed by atoms with Crippen LogP contribution < -0.4 is 0 Å². The molecule has 1 aliphatic rings. The maximum absolute atomic E-state index is 12.9. The smallest absolute Gasteiger partial charge is 0.325 e. The lowest BCUT2D eigenvalue weighted by atomic mass is 10.2. The molecular weight excluding hydrogens is 311 g/mol. The molecule has 0 N–H and O–H groups in total. The van der Waals surface area contributed by atoms with Gasteiger partial charge in [0, 0.05) is 6.54 Å². The highest BCUT2D eigenvalue weighted by molar-refractivity contribution is 7.89. The molecule has 1 saturated heterocycles. The number of nitrogens with zero attached hydrogens (tertiary/aromatic N) is 2. The van der Waals surface area contributed by atoms with Crippen molar-refractivity contribution in [3.63, 3.8) is 0 Å². The van der Waals surface area contributed by atoms with Crippen LogP contribution in [0.4, 0.5) is 4.39 Å². The molecule has 1 aliphatic heterocycles. The topological polar surface area (TPSA) is 87.5 Å². The van der Waals surface area contributed by atoms with Gasteiger partial charge in [-0.2, -0.15) is 9.57 Å². The number of rotatable bonds is 4. The van der Waals surface area contributed by atoms with E-state index >= 15 is 0 Å². The summed E-state index contributed by atoms with van der Waals surface area (Å²) in [6.45, 7) is 1.59. The van der Waals surface area contributed by atoms with Crippen LogP contribution in [-0.2, 0) is 19.6 Å². The van der Waals surface area contributed by atoms with Gasteiger partial charge in [-0.3, -0.25) is 4.79 Å². The van der Waals surface area contributed by atoms with E-state index in [1.807, 2.05) is 0 Å². The zero-order valence-corrected chi connectivity index (χ0v) is 12.7. The van der Waals surface area contributed by atoms with Crippen molar-refractivity contribution in [1.82, 2.24) is 4.31 Å². The molecule has 1 fully saturated rings. The van der Waals surface area contributed by atoms with E-state index in [-0.39, 0.29) is 11.4 Å². The number of esters is 1. The molecule has 0 bridgehead atoms. The number of benzene rings is 1. The molecule has 8 heteroatoms. The van der Waals surface area contributed by atoms with Gasteiger partial charge in [-0.15, -0.1) is 0 Å². The predicted molar refractivity (Wildman–Crippen MR) is 74.5 cm³/mol. The van der Waals surface area contributed by atoms with Gasteiger partial charge in [0.2, 0.25) is 10.0 Å². The molecule has 6 nitrogen and oxygen atoms in total. The average Bonchev–Trinajstić information content (AvgIpc) is 2.97. The van der Waals surface area contributed by atoms with E-state index in [9.17, 15) is 17.6 Å². The third kappa shape index (κ3) is 3.26. The fourth-order valence-corrected chi connectivity index (χ4v) is 3.93. The van der Waals surface area contributed by atoms with E-state index in [0.29, 0.717) is 12.8 Å². The monoisotopic (exact) mass is 326 g/mol. The molecule has 0 saturated carbocycles. The van der Waals surface area contributed by atoms with Gasteiger partial charge < -0.3 is 4.74 Å². The highest BCUT2D eigenvalue weighted by Gasteiger charge is 2.40. The highest BCUT2D eigenvalue weighted by Crippen LogP contribution is 2.27. The van der Waals surface area contributed by atoms with Crippen molar-refractivity contribution in [1.29, 1.82) is 5.26 Å². The summed E-state index contributed by atoms with van der Waals surface area (Å²) in [4.78, 5) is 11.9. The number of nitriles is 1. The molecule has 0 radical (unpaired) electrons. The van der Waals surface area contributed by atoms with Crippen LogP contribution in [0.2, 0.25) is 0 Å². The van der Waals surface area contributed by atoms with Crippen LogP contribution in [0, 0.1) is 17.1 Å². The van der Waals surface area contributed by atoms with Crippen LogP contribution in [-0.4, -0.2) is 37.4 Å². The van der Waals surface area contributed by atoms with E-state index in [1.54, 1.807) is 6.07 Å². The number of sulfonamides is 1. The van der Waals surface area contributed by atoms with Crippen LogP contribution in [0.3, 0.4) is 0 Å². The summed E-state index contributed by atoms with van der Waals surface area (Å²) in [6, 6.07) is 5.22. The second-order valence-electron chi connectivity index (χ2n) is 4.94. The molecule has 0 amide bonds. The van der Waals surface area contributed by atoms with Crippen LogP contribution in [0.5, 0.6) is 0 Å². The van der Waals surface area contributed by atoms with Gasteiger partial charge in [0.1, 0.15) is 17.9 Å². The second kappa shape index (κ2) is 6.42. The molecule has 1 aromatic carbocycles. The fraction of sp³-hybridized carbons (Fsp3) is 0.429. The molecular formula is C14H15FN2O4S. The summed E-state index contributed by atoms with van der Waals surface area (Å²) >= 11 is 0. The number of hydrogen-bond acceptors (Lipinski definition) is 5. The maximum atomic E-state index is 12.9. The summed E-state index contributed by atoms with van der Waals surface area (Å²) in [6.07, 6.45) is -0.0955. The fourth-order valence-electron chi connectivity index (χ4n) is 2.28. The first-order valence-electron chi connectivity index (χ1n) is 6.74. The Kier molecular flexibility index (Phi) is 4.78. The summed E-state index contributed by atoms with van der Waals surface area (Å²) < 4.78 is 44.0. The molecule has 0 aromatic heterocycles. The molecule has 1 heterocycles. The van der Waals surface area contributed by atoms with E-state index in [0.717, 1.165) is 28.6 Å². The van der Waals surface area contributed by atoms with Crippen LogP contribution in [0.1, 0.15) is 19.8 Å². The minimum atomic E-state index is -3.91. The van der Waals surface area contributed by atoms with Gasteiger partial charge in [0.05, 0.1) is 4.90 Å². The van der Waals surface area contributed by atoms with Gasteiger partial charge in [-0.05, 0) is 44.0 Å². The molecule has 2 atom stereocenters. The first-order valence-corrected chi connectivity index (χ1v) is 8.18. The standard InChI is InChI=1S/C14H15FN2O4S/c1-10(9-16)21-14(18)13-3-2-8-17(13)22(19,20)12-6-4-11(15)5-7-12/h4-7,10,13H,2-3,8H2,1H3/t10-,13-/m0/s1. The SMILES string of the molecule is C[C@@H](C#N)OC(=O)[C@@H]1CCCN1S(=O)(=O)c1ccc(F)cc1. The van der Waals surface area contributed by atoms with E-state index in [4.69, 9.17) is 10.00 Å². The van der Waals surface area contributed by atoms with Gasteiger partial charge >= 0.3 is 5.97 Å². The third-order valence-electron chi connectivity index (χ3n) is 3.37. The maximum Gasteiger partial charge on any atom is 0.325 e. The Morgan fingerprint density at radius 2 is 2.09 bits per heavy atom. The first kappa shape index (κ1) is 16.4. The van der Waals surface area contributed by atoms with Crippen molar-refractivity contribution in [3.05, 3.63) is 30.1 Å². The Balaban J connectivity index is 2.24. The molecule has 0 unspecified atom stereocenters. The summed E-state index contributed by atoms with van der Waals surface area (Å²) in [5, 5.41) is 8.66. The van der Waals surface area contributed by atoms with Crippen molar-refractivity contribution < 1.29 is 22.3 Å². The predicted octanol–water partition coefficient (Wildman–Crippen LogP) is 1.43. The van der Waals surface area contributed by atoms with Crippen molar-refractivity contribution in [2.75, 3.05) is 6.54 Å².